The molecule has 4 atom stereocenters. The van der Waals surface area contributed by atoms with E-state index in [1.165, 1.54) is 25.3 Å². The topological polar surface area (TPSA) is 123 Å². The van der Waals surface area contributed by atoms with Gasteiger partial charge in [-0.05, 0) is 58.9 Å². The number of nitrogens with one attached hydrogen (secondary N) is 3. The minimum Gasteiger partial charge on any atom is -0.495 e. The van der Waals surface area contributed by atoms with Crippen molar-refractivity contribution in [3.05, 3.63) is 87.7 Å². The van der Waals surface area contributed by atoms with E-state index in [2.05, 4.69) is 59.3 Å². The maximum atomic E-state index is 16.3. The van der Waals surface area contributed by atoms with Crippen molar-refractivity contribution in [3.63, 3.8) is 0 Å². The quantitative estimate of drug-likeness (QED) is 0.179. The van der Waals surface area contributed by atoms with Crippen molar-refractivity contribution in [3.8, 4) is 5.75 Å². The molecule has 43 heavy (non-hydrogen) atoms. The van der Waals surface area contributed by atoms with Crippen LogP contribution in [0, 0.1) is 11.2 Å². The average Bonchev–Trinajstić information content (AvgIpc) is 3.42. The third-order valence-electron chi connectivity index (χ3n) is 8.24. The predicted molar refractivity (Wildman–Crippen MR) is 174 cm³/mol. The molecule has 0 aliphatic carbocycles. The SMILES string of the molecule is COc1cc(C(N)=O)ccc1NC(=O)[C@@H]1N[C@@H](CC(C)(C)C)[C@@]2(C(=O)Nc3cc(Cl)ccc32)[C@H]1c1cccc(CI)c1F. The van der Waals surface area contributed by atoms with Gasteiger partial charge in [-0.3, -0.25) is 14.4 Å². The van der Waals surface area contributed by atoms with E-state index in [1.54, 1.807) is 36.4 Å². The van der Waals surface area contributed by atoms with Crippen LogP contribution in [0.3, 0.4) is 0 Å². The van der Waals surface area contributed by atoms with Gasteiger partial charge in [-0.15, -0.1) is 0 Å². The molecule has 3 aromatic rings. The second-order valence-corrected chi connectivity index (χ2v) is 13.4. The molecular weight excluding hydrogens is 686 g/mol. The number of anilines is 2. The first-order valence-corrected chi connectivity index (χ1v) is 15.7. The molecule has 5 rings (SSSR count). The Morgan fingerprint density at radius 2 is 1.91 bits per heavy atom. The lowest BCUT2D eigenvalue weighted by molar-refractivity contribution is -0.122. The fourth-order valence-electron chi connectivity index (χ4n) is 6.49. The number of methoxy groups -OCH3 is 1. The fourth-order valence-corrected chi connectivity index (χ4v) is 7.25. The molecule has 0 bridgehead atoms. The number of halogens is 3. The molecule has 0 saturated carbocycles. The third-order valence-corrected chi connectivity index (χ3v) is 9.29. The van der Waals surface area contributed by atoms with Crippen molar-refractivity contribution >= 4 is 63.3 Å². The van der Waals surface area contributed by atoms with E-state index < -0.39 is 41.0 Å². The van der Waals surface area contributed by atoms with Gasteiger partial charge in [0, 0.05) is 32.7 Å². The van der Waals surface area contributed by atoms with Crippen molar-refractivity contribution in [1.82, 2.24) is 5.32 Å². The van der Waals surface area contributed by atoms with Gasteiger partial charge < -0.3 is 26.4 Å². The Labute approximate surface area is 268 Å². The van der Waals surface area contributed by atoms with E-state index in [-0.39, 0.29) is 28.2 Å². The number of ether oxygens (including phenoxy) is 1. The van der Waals surface area contributed by atoms with Crippen molar-refractivity contribution in [2.45, 2.75) is 55.0 Å². The number of carbonyl (C=O) groups excluding carboxylic acids is 3. The van der Waals surface area contributed by atoms with Crippen molar-refractivity contribution in [1.29, 1.82) is 0 Å². The van der Waals surface area contributed by atoms with Gasteiger partial charge in [0.2, 0.25) is 17.7 Å². The fraction of sp³-hybridized carbons (Fsp3) is 0.344. The van der Waals surface area contributed by atoms with Gasteiger partial charge in [0.15, 0.2) is 0 Å². The third kappa shape index (κ3) is 5.49. The molecule has 0 radical (unpaired) electrons. The molecule has 2 heterocycles. The van der Waals surface area contributed by atoms with E-state index in [0.717, 1.165) is 0 Å². The second kappa shape index (κ2) is 11.7. The smallest absolute Gasteiger partial charge is 0.248 e. The van der Waals surface area contributed by atoms with Crippen LogP contribution in [0.15, 0.2) is 54.6 Å². The summed E-state index contributed by atoms with van der Waals surface area (Å²) in [7, 11) is 1.41. The van der Waals surface area contributed by atoms with Crippen LogP contribution in [0.4, 0.5) is 15.8 Å². The minimum absolute atomic E-state index is 0.214. The molecule has 3 aromatic carbocycles. The zero-order chi connectivity index (χ0) is 31.3. The van der Waals surface area contributed by atoms with Crippen LogP contribution >= 0.6 is 34.2 Å². The first kappa shape index (κ1) is 31.2. The van der Waals surface area contributed by atoms with Gasteiger partial charge in [0.1, 0.15) is 17.0 Å². The van der Waals surface area contributed by atoms with Gasteiger partial charge >= 0.3 is 0 Å². The summed E-state index contributed by atoms with van der Waals surface area (Å²) < 4.78 is 22.2. The highest BCUT2D eigenvalue weighted by atomic mass is 127. The lowest BCUT2D eigenvalue weighted by Gasteiger charge is -2.37. The van der Waals surface area contributed by atoms with Crippen LogP contribution in [-0.2, 0) is 19.4 Å². The van der Waals surface area contributed by atoms with Gasteiger partial charge in [-0.1, -0.05) is 79.2 Å². The molecule has 2 aliphatic heterocycles. The molecule has 11 heteroatoms. The number of carbonyl (C=O) groups is 3. The van der Waals surface area contributed by atoms with Crippen molar-refractivity contribution in [2.24, 2.45) is 11.1 Å². The zero-order valence-electron chi connectivity index (χ0n) is 24.2. The normalized spacial score (nSPS) is 22.8. The molecule has 8 nitrogen and oxygen atoms in total. The number of nitrogens with two attached hydrogens (primary N) is 1. The monoisotopic (exact) mass is 718 g/mol. The number of amides is 3. The molecular formula is C32H33ClFIN4O4. The summed E-state index contributed by atoms with van der Waals surface area (Å²) in [6.45, 7) is 6.18. The summed E-state index contributed by atoms with van der Waals surface area (Å²) >= 11 is 8.42. The Hall–Kier alpha value is -3.22. The first-order chi connectivity index (χ1) is 20.3. The Balaban J connectivity index is 1.71. The Bertz CT molecular complexity index is 1630. The molecule has 5 N–H and O–H groups in total. The molecule has 0 unspecified atom stereocenters. The van der Waals surface area contributed by atoms with E-state index >= 15 is 4.39 Å². The number of fused-ring (bicyclic) bond motifs is 2. The second-order valence-electron chi connectivity index (χ2n) is 12.2. The van der Waals surface area contributed by atoms with Gasteiger partial charge in [0.25, 0.3) is 0 Å². The highest BCUT2D eigenvalue weighted by Crippen LogP contribution is 2.57. The predicted octanol–water partition coefficient (Wildman–Crippen LogP) is 5.91. The molecule has 1 saturated heterocycles. The van der Waals surface area contributed by atoms with Crippen LogP contribution in [0.1, 0.15) is 60.2 Å². The van der Waals surface area contributed by atoms with Gasteiger partial charge in [0.05, 0.1) is 18.8 Å². The standard InChI is InChI=1S/C32H33ClFIN4O4/c1-31(2,3)14-24-32(20-10-9-18(33)13-22(20)38-30(32)42)25(19-7-5-6-17(15-35)26(19)34)27(39-24)29(41)37-21-11-8-16(28(36)40)12-23(21)43-4/h5-13,24-25,27,39H,14-15H2,1-4H3,(H2,36,40)(H,37,41)(H,38,42)/t24-,25-,27+,32+/m0/s1. The van der Waals surface area contributed by atoms with Crippen molar-refractivity contribution in [2.75, 3.05) is 17.7 Å². The van der Waals surface area contributed by atoms with E-state index in [4.69, 9.17) is 22.1 Å². The summed E-state index contributed by atoms with van der Waals surface area (Å²) in [5.74, 6) is -2.60. The van der Waals surface area contributed by atoms with Crippen LogP contribution in [0.2, 0.25) is 5.02 Å². The number of alkyl halides is 1. The molecule has 1 fully saturated rings. The Kier molecular flexibility index (Phi) is 8.49. The number of hydrogen-bond acceptors (Lipinski definition) is 5. The summed E-state index contributed by atoms with van der Waals surface area (Å²) in [5.41, 5.74) is 6.30. The summed E-state index contributed by atoms with van der Waals surface area (Å²) in [4.78, 5) is 40.3. The lowest BCUT2D eigenvalue weighted by Crippen LogP contribution is -2.49. The maximum absolute atomic E-state index is 16.3. The van der Waals surface area contributed by atoms with Crippen LogP contribution < -0.4 is 26.4 Å². The van der Waals surface area contributed by atoms with E-state index in [9.17, 15) is 14.4 Å². The molecule has 226 valence electrons. The maximum Gasteiger partial charge on any atom is 0.248 e. The summed E-state index contributed by atoms with van der Waals surface area (Å²) in [6.07, 6.45) is 0.507. The summed E-state index contributed by atoms with van der Waals surface area (Å²) in [5, 5.41) is 9.82. The van der Waals surface area contributed by atoms with Crippen molar-refractivity contribution < 1.29 is 23.5 Å². The molecule has 3 amide bonds. The van der Waals surface area contributed by atoms with E-state index in [0.29, 0.717) is 38.4 Å². The molecule has 1 spiro atoms. The van der Waals surface area contributed by atoms with Crippen LogP contribution in [0.5, 0.6) is 5.75 Å². The van der Waals surface area contributed by atoms with Crippen LogP contribution in [-0.4, -0.2) is 36.9 Å². The largest absolute Gasteiger partial charge is 0.495 e. The summed E-state index contributed by atoms with van der Waals surface area (Å²) in [6, 6.07) is 13.2. The van der Waals surface area contributed by atoms with Crippen LogP contribution in [0.25, 0.3) is 0 Å². The number of benzene rings is 3. The minimum atomic E-state index is -1.33. The number of hydrogen-bond donors (Lipinski definition) is 4. The van der Waals surface area contributed by atoms with Gasteiger partial charge in [-0.2, -0.15) is 0 Å². The number of primary amides is 1. The lowest BCUT2D eigenvalue weighted by atomic mass is 9.62. The van der Waals surface area contributed by atoms with E-state index in [1.807, 2.05) is 0 Å². The van der Waals surface area contributed by atoms with Gasteiger partial charge in [-0.25, -0.2) is 4.39 Å². The average molecular weight is 719 g/mol. The molecule has 0 aromatic heterocycles. The first-order valence-electron chi connectivity index (χ1n) is 13.8. The highest BCUT2D eigenvalue weighted by molar-refractivity contribution is 14.1. The zero-order valence-corrected chi connectivity index (χ0v) is 27.1. The highest BCUT2D eigenvalue weighted by Gasteiger charge is 2.66. The molecule has 2 aliphatic rings. The Morgan fingerprint density at radius 1 is 1.16 bits per heavy atom. The number of rotatable bonds is 7. The Morgan fingerprint density at radius 3 is 2.56 bits per heavy atom.